The number of amides is 1. The predicted molar refractivity (Wildman–Crippen MR) is 81.0 cm³/mol. The predicted octanol–water partition coefficient (Wildman–Crippen LogP) is 3.46. The smallest absolute Gasteiger partial charge is 0.340 e. The number of methoxy groups -OCH3 is 1. The van der Waals surface area contributed by atoms with Crippen molar-refractivity contribution in [3.05, 3.63) is 52.9 Å². The summed E-state index contributed by atoms with van der Waals surface area (Å²) >= 11 is 5.89. The molecule has 5 nitrogen and oxygen atoms in total. The van der Waals surface area contributed by atoms with E-state index in [-0.39, 0.29) is 23.3 Å². The van der Waals surface area contributed by atoms with Crippen LogP contribution in [-0.2, 0) is 9.53 Å². The summed E-state index contributed by atoms with van der Waals surface area (Å²) in [6.45, 7) is 0. The number of ether oxygens (including phenoxy) is 1. The van der Waals surface area contributed by atoms with Crippen LogP contribution < -0.4 is 5.32 Å². The van der Waals surface area contributed by atoms with Gasteiger partial charge in [0.1, 0.15) is 5.76 Å². The summed E-state index contributed by atoms with van der Waals surface area (Å²) in [5, 5.41) is 3.17. The van der Waals surface area contributed by atoms with Gasteiger partial charge in [0.2, 0.25) is 5.91 Å². The fourth-order valence-electron chi connectivity index (χ4n) is 2.43. The molecular weight excluding hydrogens is 306 g/mol. The molecule has 1 aliphatic rings. The van der Waals surface area contributed by atoms with E-state index in [0.717, 1.165) is 12.2 Å². The molecule has 2 aromatic rings. The number of furan rings is 1. The minimum Gasteiger partial charge on any atom is -0.469 e. The Balaban J connectivity index is 1.74. The average molecular weight is 320 g/mol. The molecule has 1 aromatic heterocycles. The fourth-order valence-corrected chi connectivity index (χ4v) is 2.60. The van der Waals surface area contributed by atoms with E-state index in [4.69, 9.17) is 20.8 Å². The Morgan fingerprint density at radius 2 is 2.18 bits per heavy atom. The van der Waals surface area contributed by atoms with Gasteiger partial charge in [0.05, 0.1) is 24.6 Å². The second-order valence-corrected chi connectivity index (χ2v) is 5.57. The molecule has 2 atom stereocenters. The largest absolute Gasteiger partial charge is 0.469 e. The van der Waals surface area contributed by atoms with Crippen LogP contribution in [0.4, 0.5) is 5.69 Å². The lowest BCUT2D eigenvalue weighted by molar-refractivity contribution is -0.117. The van der Waals surface area contributed by atoms with Crippen molar-refractivity contribution in [2.75, 3.05) is 12.4 Å². The van der Waals surface area contributed by atoms with Crippen LogP contribution in [0.1, 0.15) is 28.5 Å². The molecule has 0 radical (unpaired) electrons. The Kier molecular flexibility index (Phi) is 3.90. The Bertz CT molecular complexity index is 711. The van der Waals surface area contributed by atoms with Crippen molar-refractivity contribution in [2.45, 2.75) is 12.3 Å². The lowest BCUT2D eigenvalue weighted by Crippen LogP contribution is -2.17. The van der Waals surface area contributed by atoms with Gasteiger partial charge in [-0.25, -0.2) is 4.79 Å². The average Bonchev–Trinajstić information content (AvgIpc) is 3.14. The summed E-state index contributed by atoms with van der Waals surface area (Å²) in [5.74, 6) is 0.0747. The van der Waals surface area contributed by atoms with Crippen LogP contribution in [0.2, 0.25) is 5.02 Å². The first-order valence-electron chi connectivity index (χ1n) is 6.82. The van der Waals surface area contributed by atoms with E-state index in [2.05, 4.69) is 5.32 Å². The number of carbonyl (C=O) groups is 2. The Labute approximate surface area is 132 Å². The lowest BCUT2D eigenvalue weighted by atomic mass is 10.1. The third-order valence-electron chi connectivity index (χ3n) is 3.68. The molecule has 2 unspecified atom stereocenters. The third-order valence-corrected chi connectivity index (χ3v) is 3.92. The number of anilines is 1. The fraction of sp³-hybridized carbons (Fsp3) is 0.250. The third kappa shape index (κ3) is 2.85. The highest BCUT2D eigenvalue weighted by molar-refractivity contribution is 6.31. The molecule has 0 aliphatic heterocycles. The van der Waals surface area contributed by atoms with E-state index in [1.807, 2.05) is 6.07 Å². The molecule has 22 heavy (non-hydrogen) atoms. The Morgan fingerprint density at radius 1 is 1.36 bits per heavy atom. The van der Waals surface area contributed by atoms with Crippen molar-refractivity contribution in [1.29, 1.82) is 0 Å². The SMILES string of the molecule is COC(=O)c1cc(Cl)ccc1NC(=O)C1CC1c1ccco1. The zero-order chi connectivity index (χ0) is 15.7. The van der Waals surface area contributed by atoms with Crippen LogP contribution in [0.5, 0.6) is 0 Å². The van der Waals surface area contributed by atoms with E-state index in [9.17, 15) is 9.59 Å². The van der Waals surface area contributed by atoms with E-state index in [0.29, 0.717) is 10.7 Å². The zero-order valence-electron chi connectivity index (χ0n) is 11.8. The van der Waals surface area contributed by atoms with Crippen LogP contribution in [0.3, 0.4) is 0 Å². The molecule has 1 heterocycles. The summed E-state index contributed by atoms with van der Waals surface area (Å²) in [6.07, 6.45) is 2.33. The highest BCUT2D eigenvalue weighted by Crippen LogP contribution is 2.48. The van der Waals surface area contributed by atoms with Crippen molar-refractivity contribution in [1.82, 2.24) is 0 Å². The number of nitrogens with one attached hydrogen (secondary N) is 1. The van der Waals surface area contributed by atoms with Crippen LogP contribution in [-0.4, -0.2) is 19.0 Å². The summed E-state index contributed by atoms with van der Waals surface area (Å²) in [5.41, 5.74) is 0.630. The number of rotatable bonds is 4. The van der Waals surface area contributed by atoms with E-state index in [1.54, 1.807) is 24.5 Å². The van der Waals surface area contributed by atoms with Gasteiger partial charge in [-0.3, -0.25) is 4.79 Å². The van der Waals surface area contributed by atoms with Crippen molar-refractivity contribution in [3.63, 3.8) is 0 Å². The molecule has 0 bridgehead atoms. The van der Waals surface area contributed by atoms with Gasteiger partial charge >= 0.3 is 5.97 Å². The molecule has 1 saturated carbocycles. The highest BCUT2D eigenvalue weighted by Gasteiger charge is 2.46. The Hall–Kier alpha value is -2.27. The van der Waals surface area contributed by atoms with Crippen LogP contribution >= 0.6 is 11.6 Å². The first-order chi connectivity index (χ1) is 10.6. The number of carbonyl (C=O) groups excluding carboxylic acids is 2. The summed E-state index contributed by atoms with van der Waals surface area (Å²) in [6, 6.07) is 8.34. The number of esters is 1. The normalized spacial score (nSPS) is 19.5. The van der Waals surface area contributed by atoms with Crippen molar-refractivity contribution in [3.8, 4) is 0 Å². The zero-order valence-corrected chi connectivity index (χ0v) is 12.6. The molecule has 6 heteroatoms. The number of hydrogen-bond acceptors (Lipinski definition) is 4. The molecule has 3 rings (SSSR count). The minimum absolute atomic E-state index is 0.101. The van der Waals surface area contributed by atoms with Gasteiger partial charge in [-0.2, -0.15) is 0 Å². The first kappa shape index (κ1) is 14.7. The van der Waals surface area contributed by atoms with Crippen molar-refractivity contribution in [2.24, 2.45) is 5.92 Å². The summed E-state index contributed by atoms with van der Waals surface area (Å²) < 4.78 is 10.0. The van der Waals surface area contributed by atoms with Crippen LogP contribution in [0.15, 0.2) is 41.0 Å². The summed E-state index contributed by atoms with van der Waals surface area (Å²) in [4.78, 5) is 24.0. The molecule has 1 fully saturated rings. The van der Waals surface area contributed by atoms with Gasteiger partial charge in [-0.1, -0.05) is 11.6 Å². The maximum Gasteiger partial charge on any atom is 0.340 e. The quantitative estimate of drug-likeness (QED) is 0.876. The minimum atomic E-state index is -0.545. The highest BCUT2D eigenvalue weighted by atomic mass is 35.5. The topological polar surface area (TPSA) is 68.5 Å². The molecule has 114 valence electrons. The number of benzene rings is 1. The van der Waals surface area contributed by atoms with Gasteiger partial charge in [0, 0.05) is 16.9 Å². The van der Waals surface area contributed by atoms with E-state index in [1.165, 1.54) is 13.2 Å². The van der Waals surface area contributed by atoms with Gasteiger partial charge in [0.15, 0.2) is 0 Å². The van der Waals surface area contributed by atoms with Gasteiger partial charge in [0.25, 0.3) is 0 Å². The van der Waals surface area contributed by atoms with E-state index < -0.39 is 5.97 Å². The monoisotopic (exact) mass is 319 g/mol. The van der Waals surface area contributed by atoms with E-state index >= 15 is 0 Å². The summed E-state index contributed by atoms with van der Waals surface area (Å²) in [7, 11) is 1.28. The Morgan fingerprint density at radius 3 is 2.86 bits per heavy atom. The molecule has 1 aromatic carbocycles. The molecule has 1 amide bonds. The first-order valence-corrected chi connectivity index (χ1v) is 7.20. The van der Waals surface area contributed by atoms with Gasteiger partial charge in [-0.15, -0.1) is 0 Å². The van der Waals surface area contributed by atoms with Crippen molar-refractivity contribution >= 4 is 29.2 Å². The van der Waals surface area contributed by atoms with Gasteiger partial charge in [-0.05, 0) is 36.8 Å². The van der Waals surface area contributed by atoms with Crippen molar-refractivity contribution < 1.29 is 18.7 Å². The molecular formula is C16H14ClNO4. The van der Waals surface area contributed by atoms with Crippen LogP contribution in [0.25, 0.3) is 0 Å². The van der Waals surface area contributed by atoms with Crippen LogP contribution in [0, 0.1) is 5.92 Å². The maximum atomic E-state index is 12.3. The second kappa shape index (κ2) is 5.85. The second-order valence-electron chi connectivity index (χ2n) is 5.13. The lowest BCUT2D eigenvalue weighted by Gasteiger charge is -2.10. The molecule has 1 aliphatic carbocycles. The van der Waals surface area contributed by atoms with Gasteiger partial charge < -0.3 is 14.5 Å². The standard InChI is InChI=1S/C16H14ClNO4/c1-21-16(20)12-7-9(17)4-5-13(12)18-15(19)11-8-10(11)14-3-2-6-22-14/h2-7,10-11H,8H2,1H3,(H,18,19). The molecule has 1 N–H and O–H groups in total. The molecule has 0 saturated heterocycles. The number of hydrogen-bond donors (Lipinski definition) is 1. The number of halogens is 1. The molecule has 0 spiro atoms. The maximum absolute atomic E-state index is 12.3.